The molecule has 1 atom stereocenters. The summed E-state index contributed by atoms with van der Waals surface area (Å²) in [5.74, 6) is 0. The highest BCUT2D eigenvalue weighted by molar-refractivity contribution is 6.30. The zero-order valence-corrected chi connectivity index (χ0v) is 14.6. The molecular formula is C15H18Cl2F6N2. The van der Waals surface area contributed by atoms with Gasteiger partial charge in [0.2, 0.25) is 0 Å². The van der Waals surface area contributed by atoms with Crippen LogP contribution in [0.4, 0.5) is 26.3 Å². The van der Waals surface area contributed by atoms with Gasteiger partial charge in [0, 0.05) is 43.7 Å². The summed E-state index contributed by atoms with van der Waals surface area (Å²) in [5, 5.41) is 2.94. The molecule has 10 heteroatoms. The Labute approximate surface area is 152 Å². The lowest BCUT2D eigenvalue weighted by Crippen LogP contribution is -2.45. The predicted octanol–water partition coefficient (Wildman–Crippen LogP) is 5.07. The molecule has 25 heavy (non-hydrogen) atoms. The summed E-state index contributed by atoms with van der Waals surface area (Å²) >= 11 is 5.78. The number of rotatable bonds is 4. The van der Waals surface area contributed by atoms with E-state index in [1.165, 1.54) is 6.07 Å². The van der Waals surface area contributed by atoms with Crippen LogP contribution < -0.4 is 5.32 Å². The summed E-state index contributed by atoms with van der Waals surface area (Å²) in [6.07, 6.45) is -10.3. The molecule has 0 aliphatic carbocycles. The van der Waals surface area contributed by atoms with E-state index in [0.717, 1.165) is 12.1 Å². The van der Waals surface area contributed by atoms with Crippen molar-refractivity contribution in [1.82, 2.24) is 10.2 Å². The fourth-order valence-corrected chi connectivity index (χ4v) is 3.07. The summed E-state index contributed by atoms with van der Waals surface area (Å²) in [7, 11) is 0. The maximum Gasteiger partial charge on any atom is 0.416 e. The fourth-order valence-electron chi connectivity index (χ4n) is 2.82. The first-order valence-electron chi connectivity index (χ1n) is 7.45. The van der Waals surface area contributed by atoms with Crippen LogP contribution in [0.2, 0.25) is 5.02 Å². The summed E-state index contributed by atoms with van der Waals surface area (Å²) in [5.41, 5.74) is -0.780. The van der Waals surface area contributed by atoms with Crippen molar-refractivity contribution in [3.63, 3.8) is 0 Å². The smallest absolute Gasteiger partial charge is 0.314 e. The molecule has 1 aromatic carbocycles. The van der Waals surface area contributed by atoms with Gasteiger partial charge in [-0.2, -0.15) is 26.3 Å². The Morgan fingerprint density at radius 1 is 1.04 bits per heavy atom. The second-order valence-electron chi connectivity index (χ2n) is 5.73. The van der Waals surface area contributed by atoms with Gasteiger partial charge in [-0.25, -0.2) is 0 Å². The minimum absolute atomic E-state index is 0. The number of nitrogens with zero attached hydrogens (tertiary/aromatic N) is 1. The van der Waals surface area contributed by atoms with E-state index in [2.05, 4.69) is 5.32 Å². The fraction of sp³-hybridized carbons (Fsp3) is 0.600. The summed E-state index contributed by atoms with van der Waals surface area (Å²) in [6, 6.07) is 2.24. The molecule has 0 unspecified atom stereocenters. The number of piperazine rings is 1. The van der Waals surface area contributed by atoms with E-state index in [-0.39, 0.29) is 29.4 Å². The Bertz CT molecular complexity index is 556. The molecule has 1 aliphatic rings. The van der Waals surface area contributed by atoms with Crippen molar-refractivity contribution in [2.45, 2.75) is 31.2 Å². The summed E-state index contributed by atoms with van der Waals surface area (Å²) < 4.78 is 76.7. The molecule has 1 saturated heterocycles. The van der Waals surface area contributed by atoms with Crippen molar-refractivity contribution < 1.29 is 26.3 Å². The van der Waals surface area contributed by atoms with E-state index >= 15 is 0 Å². The SMILES string of the molecule is Cl.FC(F)(F)CC[C@@H](c1cc(Cl)cc(C(F)(F)F)c1)N1CCNCC1. The normalized spacial score (nSPS) is 17.9. The molecule has 0 spiro atoms. The summed E-state index contributed by atoms with van der Waals surface area (Å²) in [6.45, 7) is 2.09. The first kappa shape index (κ1) is 22.3. The van der Waals surface area contributed by atoms with Gasteiger partial charge < -0.3 is 5.32 Å². The summed E-state index contributed by atoms with van der Waals surface area (Å²) in [4.78, 5) is 1.77. The molecule has 1 fully saturated rings. The van der Waals surface area contributed by atoms with Crippen LogP contribution in [0.25, 0.3) is 0 Å². The average Bonchev–Trinajstić information content (AvgIpc) is 2.46. The first-order valence-corrected chi connectivity index (χ1v) is 7.83. The van der Waals surface area contributed by atoms with Crippen LogP contribution in [0.3, 0.4) is 0 Å². The molecule has 1 heterocycles. The van der Waals surface area contributed by atoms with Crippen LogP contribution >= 0.6 is 24.0 Å². The second-order valence-corrected chi connectivity index (χ2v) is 6.16. The minimum Gasteiger partial charge on any atom is -0.314 e. The molecule has 0 bridgehead atoms. The maximum atomic E-state index is 13.0. The van der Waals surface area contributed by atoms with E-state index in [1.807, 2.05) is 0 Å². The lowest BCUT2D eigenvalue weighted by Gasteiger charge is -2.35. The molecule has 1 aromatic rings. The van der Waals surface area contributed by atoms with Gasteiger partial charge in [-0.05, 0) is 30.2 Å². The number of hydrogen-bond donors (Lipinski definition) is 1. The van der Waals surface area contributed by atoms with E-state index in [1.54, 1.807) is 4.90 Å². The largest absolute Gasteiger partial charge is 0.416 e. The lowest BCUT2D eigenvalue weighted by atomic mass is 9.97. The highest BCUT2D eigenvalue weighted by Gasteiger charge is 2.34. The Kier molecular flexibility index (Phi) is 7.86. The number of hydrogen-bond acceptors (Lipinski definition) is 2. The van der Waals surface area contributed by atoms with E-state index in [9.17, 15) is 26.3 Å². The van der Waals surface area contributed by atoms with Crippen molar-refractivity contribution in [3.8, 4) is 0 Å². The number of nitrogens with one attached hydrogen (secondary N) is 1. The van der Waals surface area contributed by atoms with Crippen LogP contribution in [0.5, 0.6) is 0 Å². The van der Waals surface area contributed by atoms with Crippen LogP contribution in [0.1, 0.15) is 30.0 Å². The topological polar surface area (TPSA) is 15.3 Å². The molecule has 1 N–H and O–H groups in total. The van der Waals surface area contributed by atoms with Crippen molar-refractivity contribution in [1.29, 1.82) is 0 Å². The Balaban J connectivity index is 0.00000312. The van der Waals surface area contributed by atoms with E-state index < -0.39 is 30.4 Å². The van der Waals surface area contributed by atoms with Crippen LogP contribution in [0, 0.1) is 0 Å². The molecule has 0 amide bonds. The zero-order chi connectivity index (χ0) is 18.0. The number of benzene rings is 1. The molecule has 0 radical (unpaired) electrons. The second kappa shape index (κ2) is 8.79. The standard InChI is InChI=1S/C15H17ClF6N2.ClH/c16-12-8-10(7-11(9-12)15(20,21)22)13(1-2-14(17,18)19)24-5-3-23-4-6-24;/h7-9,13,23H,1-6H2;1H/t13-;/m0./s1. The van der Waals surface area contributed by atoms with Crippen molar-refractivity contribution in [2.75, 3.05) is 26.2 Å². The van der Waals surface area contributed by atoms with Gasteiger partial charge in [0.15, 0.2) is 0 Å². The number of halogens is 8. The van der Waals surface area contributed by atoms with Gasteiger partial charge in [0.1, 0.15) is 0 Å². The van der Waals surface area contributed by atoms with Gasteiger partial charge in [0.25, 0.3) is 0 Å². The highest BCUT2D eigenvalue weighted by Crippen LogP contribution is 2.37. The molecule has 2 nitrogen and oxygen atoms in total. The Morgan fingerprint density at radius 3 is 2.16 bits per heavy atom. The van der Waals surface area contributed by atoms with Gasteiger partial charge >= 0.3 is 12.4 Å². The lowest BCUT2D eigenvalue weighted by molar-refractivity contribution is -0.140. The molecule has 0 saturated carbocycles. The van der Waals surface area contributed by atoms with Crippen molar-refractivity contribution in [3.05, 3.63) is 34.3 Å². The highest BCUT2D eigenvalue weighted by atomic mass is 35.5. The van der Waals surface area contributed by atoms with Gasteiger partial charge in [-0.15, -0.1) is 12.4 Å². The van der Waals surface area contributed by atoms with Crippen molar-refractivity contribution >= 4 is 24.0 Å². The molecule has 2 rings (SSSR count). The van der Waals surface area contributed by atoms with Gasteiger partial charge in [-0.1, -0.05) is 11.6 Å². The third-order valence-corrected chi connectivity index (χ3v) is 4.14. The molecule has 1 aliphatic heterocycles. The quantitative estimate of drug-likeness (QED) is 0.697. The van der Waals surface area contributed by atoms with Gasteiger partial charge in [0.05, 0.1) is 5.56 Å². The third kappa shape index (κ3) is 6.84. The number of alkyl halides is 6. The average molecular weight is 411 g/mol. The van der Waals surface area contributed by atoms with E-state index in [4.69, 9.17) is 11.6 Å². The van der Waals surface area contributed by atoms with Crippen LogP contribution in [-0.2, 0) is 6.18 Å². The van der Waals surface area contributed by atoms with E-state index in [0.29, 0.717) is 26.2 Å². The monoisotopic (exact) mass is 410 g/mol. The Morgan fingerprint density at radius 2 is 1.64 bits per heavy atom. The maximum absolute atomic E-state index is 13.0. The van der Waals surface area contributed by atoms with Crippen molar-refractivity contribution in [2.24, 2.45) is 0 Å². The van der Waals surface area contributed by atoms with Crippen LogP contribution in [-0.4, -0.2) is 37.3 Å². The van der Waals surface area contributed by atoms with Crippen LogP contribution in [0.15, 0.2) is 18.2 Å². The molecular weight excluding hydrogens is 393 g/mol. The molecule has 0 aromatic heterocycles. The van der Waals surface area contributed by atoms with Gasteiger partial charge in [-0.3, -0.25) is 4.90 Å². The zero-order valence-electron chi connectivity index (χ0n) is 13.1. The molecule has 144 valence electrons. The minimum atomic E-state index is -4.60. The predicted molar refractivity (Wildman–Crippen MR) is 86.2 cm³/mol. The third-order valence-electron chi connectivity index (χ3n) is 3.93. The first-order chi connectivity index (χ1) is 11.1. The Hall–Kier alpha value is -0.700.